The Labute approximate surface area is 164 Å². The minimum Gasteiger partial charge on any atom is -0.491 e. The van der Waals surface area contributed by atoms with E-state index < -0.39 is 6.11 Å². The van der Waals surface area contributed by atoms with Gasteiger partial charge in [0.15, 0.2) is 0 Å². The Bertz CT molecular complexity index is 732. The van der Waals surface area contributed by atoms with Gasteiger partial charge in [0.25, 0.3) is 0 Å². The van der Waals surface area contributed by atoms with Crippen molar-refractivity contribution in [3.63, 3.8) is 0 Å². The number of unbranched alkanes of at least 4 members (excludes halogenated alkanes) is 1. The Morgan fingerprint density at radius 2 is 1.93 bits per heavy atom. The van der Waals surface area contributed by atoms with E-state index in [1.54, 1.807) is 25.4 Å². The summed E-state index contributed by atoms with van der Waals surface area (Å²) >= 11 is 0. The number of aromatic nitrogens is 2. The van der Waals surface area contributed by atoms with E-state index >= 15 is 0 Å². The largest absolute Gasteiger partial charge is 0.491 e. The van der Waals surface area contributed by atoms with Crippen LogP contribution in [0.5, 0.6) is 11.5 Å². The predicted molar refractivity (Wildman–Crippen MR) is 104 cm³/mol. The molecule has 0 amide bonds. The van der Waals surface area contributed by atoms with Gasteiger partial charge in [-0.3, -0.25) is 5.10 Å². The number of benzene rings is 1. The summed E-state index contributed by atoms with van der Waals surface area (Å²) in [4.78, 5) is 2.20. The lowest BCUT2D eigenvalue weighted by Gasteiger charge is -2.18. The number of ether oxygens (including phenoxy) is 3. The quantitative estimate of drug-likeness (QED) is 0.541. The van der Waals surface area contributed by atoms with E-state index in [9.17, 15) is 8.78 Å². The average molecular weight is 397 g/mol. The number of hydrogen-bond donors (Lipinski definition) is 1. The molecule has 1 heterocycles. The Balaban J connectivity index is 2.29. The molecule has 156 valence electrons. The summed E-state index contributed by atoms with van der Waals surface area (Å²) in [6.45, 7) is 5.21. The smallest absolute Gasteiger partial charge is 0.394 e. The number of H-pyrrole nitrogens is 1. The van der Waals surface area contributed by atoms with Gasteiger partial charge in [0, 0.05) is 37.8 Å². The first-order valence-corrected chi connectivity index (χ1v) is 9.37. The van der Waals surface area contributed by atoms with Crippen LogP contribution in [0, 0.1) is 0 Å². The van der Waals surface area contributed by atoms with E-state index in [4.69, 9.17) is 14.2 Å². The summed E-state index contributed by atoms with van der Waals surface area (Å²) in [5, 5.41) is 7.11. The van der Waals surface area contributed by atoms with Crippen LogP contribution >= 0.6 is 0 Å². The molecule has 0 aliphatic rings. The zero-order valence-corrected chi connectivity index (χ0v) is 16.9. The molecular weight excluding hydrogens is 368 g/mol. The van der Waals surface area contributed by atoms with Gasteiger partial charge in [0.2, 0.25) is 0 Å². The molecule has 0 bridgehead atoms. The third-order valence-electron chi connectivity index (χ3n) is 4.07. The van der Waals surface area contributed by atoms with Gasteiger partial charge in [-0.25, -0.2) is 0 Å². The van der Waals surface area contributed by atoms with Crippen LogP contribution in [0.2, 0.25) is 0 Å². The highest BCUT2D eigenvalue weighted by atomic mass is 19.3. The fraction of sp³-hybridized carbons (Fsp3) is 0.550. The first kappa shape index (κ1) is 22.1. The Hall–Kier alpha value is -2.19. The molecule has 0 saturated heterocycles. The standard InChI is InChI=1S/C20H29F2N3O3/c1-5-6-7-25(3)14-16-13-23-24-19(16)15-10-17(27-9-8-26-4)12-18(11-15)28-20(2,21)22/h10-13H,5-9,14H2,1-4H3,(H,23,24). The fourth-order valence-corrected chi connectivity index (χ4v) is 2.79. The maximum Gasteiger partial charge on any atom is 0.394 e. The number of nitrogens with zero attached hydrogens (tertiary/aromatic N) is 2. The van der Waals surface area contributed by atoms with Gasteiger partial charge < -0.3 is 19.1 Å². The van der Waals surface area contributed by atoms with Crippen LogP contribution in [0.4, 0.5) is 8.78 Å². The zero-order valence-electron chi connectivity index (χ0n) is 16.9. The summed E-state index contributed by atoms with van der Waals surface area (Å²) in [6, 6.07) is 4.78. The highest BCUT2D eigenvalue weighted by molar-refractivity contribution is 5.66. The van der Waals surface area contributed by atoms with Crippen molar-refractivity contribution in [2.24, 2.45) is 0 Å². The van der Waals surface area contributed by atoms with E-state index in [0.717, 1.165) is 30.6 Å². The van der Waals surface area contributed by atoms with Gasteiger partial charge >= 0.3 is 6.11 Å². The van der Waals surface area contributed by atoms with Gasteiger partial charge in [-0.05, 0) is 32.1 Å². The van der Waals surface area contributed by atoms with Crippen LogP contribution in [0.1, 0.15) is 32.3 Å². The molecule has 0 spiro atoms. The van der Waals surface area contributed by atoms with Crippen molar-refractivity contribution in [3.8, 4) is 22.8 Å². The second kappa shape index (κ2) is 10.4. The number of rotatable bonds is 12. The number of halogens is 2. The lowest BCUT2D eigenvalue weighted by Crippen LogP contribution is -2.19. The first-order valence-electron chi connectivity index (χ1n) is 9.37. The number of methoxy groups -OCH3 is 1. The van der Waals surface area contributed by atoms with Crippen LogP contribution in [-0.2, 0) is 11.3 Å². The maximum atomic E-state index is 13.4. The zero-order chi connectivity index (χ0) is 20.6. The van der Waals surface area contributed by atoms with Crippen LogP contribution in [0.3, 0.4) is 0 Å². The molecule has 2 rings (SSSR count). The number of hydrogen-bond acceptors (Lipinski definition) is 5. The molecule has 8 heteroatoms. The molecule has 6 nitrogen and oxygen atoms in total. The van der Waals surface area contributed by atoms with Crippen molar-refractivity contribution in [1.82, 2.24) is 15.1 Å². The van der Waals surface area contributed by atoms with E-state index in [0.29, 0.717) is 38.0 Å². The Morgan fingerprint density at radius 3 is 2.61 bits per heavy atom. The second-order valence-electron chi connectivity index (χ2n) is 6.81. The van der Waals surface area contributed by atoms with Crippen LogP contribution in [0.25, 0.3) is 11.3 Å². The van der Waals surface area contributed by atoms with Crippen molar-refractivity contribution in [2.75, 3.05) is 33.9 Å². The van der Waals surface area contributed by atoms with Crippen molar-refractivity contribution in [3.05, 3.63) is 30.0 Å². The van der Waals surface area contributed by atoms with Gasteiger partial charge in [0.05, 0.1) is 18.5 Å². The monoisotopic (exact) mass is 397 g/mol. The van der Waals surface area contributed by atoms with Crippen molar-refractivity contribution in [1.29, 1.82) is 0 Å². The molecular formula is C20H29F2N3O3. The van der Waals surface area contributed by atoms with Crippen LogP contribution in [0.15, 0.2) is 24.4 Å². The predicted octanol–water partition coefficient (Wildman–Crippen LogP) is 4.33. The van der Waals surface area contributed by atoms with E-state index in [1.165, 1.54) is 6.07 Å². The topological polar surface area (TPSA) is 59.6 Å². The molecule has 0 unspecified atom stereocenters. The molecule has 0 aliphatic heterocycles. The first-order chi connectivity index (χ1) is 13.3. The SMILES string of the molecule is CCCCN(C)Cc1cn[nH]c1-c1cc(OCCOC)cc(OC(C)(F)F)c1. The highest BCUT2D eigenvalue weighted by Crippen LogP contribution is 2.33. The molecule has 0 radical (unpaired) electrons. The number of aromatic amines is 1. The average Bonchev–Trinajstić information content (AvgIpc) is 3.06. The third kappa shape index (κ3) is 7.09. The van der Waals surface area contributed by atoms with Crippen molar-refractivity contribution in [2.45, 2.75) is 39.3 Å². The number of nitrogens with one attached hydrogen (secondary N) is 1. The van der Waals surface area contributed by atoms with Gasteiger partial charge in [-0.2, -0.15) is 13.9 Å². The Kier molecular flexibility index (Phi) is 8.19. The van der Waals surface area contributed by atoms with E-state index in [-0.39, 0.29) is 5.75 Å². The fourth-order valence-electron chi connectivity index (χ4n) is 2.79. The molecule has 0 fully saturated rings. The molecule has 2 aromatic rings. The molecule has 0 aliphatic carbocycles. The molecule has 1 N–H and O–H groups in total. The minimum absolute atomic E-state index is 0.0253. The summed E-state index contributed by atoms with van der Waals surface area (Å²) in [5.74, 6) is 0.450. The molecule has 1 aromatic heterocycles. The van der Waals surface area contributed by atoms with Crippen LogP contribution < -0.4 is 9.47 Å². The summed E-state index contributed by atoms with van der Waals surface area (Å²) < 4.78 is 42.1. The lowest BCUT2D eigenvalue weighted by molar-refractivity contribution is -0.158. The summed E-state index contributed by atoms with van der Waals surface area (Å²) in [5.41, 5.74) is 2.40. The highest BCUT2D eigenvalue weighted by Gasteiger charge is 2.24. The normalized spacial score (nSPS) is 11.8. The minimum atomic E-state index is -3.29. The number of alkyl halides is 2. The van der Waals surface area contributed by atoms with Crippen LogP contribution in [-0.4, -0.2) is 55.1 Å². The van der Waals surface area contributed by atoms with E-state index in [2.05, 4.69) is 22.0 Å². The van der Waals surface area contributed by atoms with Gasteiger partial charge in [-0.15, -0.1) is 0 Å². The molecule has 0 saturated carbocycles. The molecule has 1 aromatic carbocycles. The third-order valence-corrected chi connectivity index (χ3v) is 4.07. The lowest BCUT2D eigenvalue weighted by atomic mass is 10.1. The van der Waals surface area contributed by atoms with Crippen molar-refractivity contribution >= 4 is 0 Å². The molecule has 28 heavy (non-hydrogen) atoms. The molecule has 0 atom stereocenters. The second-order valence-corrected chi connectivity index (χ2v) is 6.81. The summed E-state index contributed by atoms with van der Waals surface area (Å²) in [7, 11) is 3.61. The maximum absolute atomic E-state index is 13.4. The van der Waals surface area contributed by atoms with E-state index in [1.807, 2.05) is 7.05 Å². The van der Waals surface area contributed by atoms with Crippen molar-refractivity contribution < 1.29 is 23.0 Å². The summed E-state index contributed by atoms with van der Waals surface area (Å²) in [6.07, 6.45) is 0.691. The van der Waals surface area contributed by atoms with Gasteiger partial charge in [0.1, 0.15) is 18.1 Å². The Morgan fingerprint density at radius 1 is 1.18 bits per heavy atom. The van der Waals surface area contributed by atoms with Gasteiger partial charge in [-0.1, -0.05) is 13.3 Å².